The van der Waals surface area contributed by atoms with Crippen molar-refractivity contribution in [1.82, 2.24) is 0 Å². The van der Waals surface area contributed by atoms with E-state index >= 15 is 0 Å². The zero-order valence-electron chi connectivity index (χ0n) is 37.5. The fraction of sp³-hybridized carbons (Fsp3) is 0.365. The number of ether oxygens (including phenoxy) is 4. The Hall–Kier alpha value is -6.35. The lowest BCUT2D eigenvalue weighted by molar-refractivity contribution is -0.157. The van der Waals surface area contributed by atoms with Gasteiger partial charge in [0.05, 0.1) is 41.6 Å². The molecule has 0 fully saturated rings. The van der Waals surface area contributed by atoms with Gasteiger partial charge in [0.15, 0.2) is 6.79 Å². The van der Waals surface area contributed by atoms with Crippen molar-refractivity contribution in [3.63, 3.8) is 0 Å². The van der Waals surface area contributed by atoms with Gasteiger partial charge in [-0.3, -0.25) is 0 Å². The Balaban J connectivity index is 1.12. The van der Waals surface area contributed by atoms with Crippen molar-refractivity contribution in [3.8, 4) is 33.8 Å². The maximum atomic E-state index is 14.2. The topological polar surface area (TPSA) is 114 Å². The van der Waals surface area contributed by atoms with Crippen LogP contribution in [0.2, 0.25) is 0 Å². The first-order chi connectivity index (χ1) is 31.9. The number of unbranched alkanes of at least 4 members (excludes halogenated alkanes) is 4. The number of alkyl halides is 6. The monoisotopic (exact) mass is 934 g/mol. The fourth-order valence-corrected chi connectivity index (χ4v) is 7.56. The summed E-state index contributed by atoms with van der Waals surface area (Å²) in [6.07, 6.45) is -3.38. The molecule has 4 aromatic carbocycles. The predicted octanol–water partition coefficient (Wildman–Crippen LogP) is 13.4. The van der Waals surface area contributed by atoms with Crippen LogP contribution >= 0.6 is 0 Å². The summed E-state index contributed by atoms with van der Waals surface area (Å²) in [4.78, 5) is 38.3. The molecule has 2 heterocycles. The Kier molecular flexibility index (Phi) is 16.8. The van der Waals surface area contributed by atoms with Crippen LogP contribution in [-0.4, -0.2) is 32.1 Å². The fourth-order valence-electron chi connectivity index (χ4n) is 7.56. The van der Waals surface area contributed by atoms with E-state index in [4.69, 9.17) is 27.8 Å². The van der Waals surface area contributed by atoms with Crippen molar-refractivity contribution in [2.24, 2.45) is 0 Å². The number of halogens is 6. The normalized spacial score (nSPS) is 12.0. The summed E-state index contributed by atoms with van der Waals surface area (Å²) in [7, 11) is 0. The second-order valence-corrected chi connectivity index (χ2v) is 16.4. The minimum absolute atomic E-state index is 0.0631. The molecule has 0 saturated carbocycles. The zero-order chi connectivity index (χ0) is 48.3. The molecule has 0 aliphatic carbocycles. The zero-order valence-corrected chi connectivity index (χ0v) is 37.5. The van der Waals surface area contributed by atoms with E-state index < -0.39 is 53.6 Å². The summed E-state index contributed by atoms with van der Waals surface area (Å²) < 4.78 is 119. The van der Waals surface area contributed by atoms with Crippen LogP contribution in [0.15, 0.2) is 116 Å². The number of aryl methyl sites for hydroxylation is 2. The highest BCUT2D eigenvalue weighted by molar-refractivity contribution is 5.87. The van der Waals surface area contributed by atoms with Gasteiger partial charge in [-0.05, 0) is 92.3 Å². The number of carbonyl (C=O) groups is 1. The van der Waals surface area contributed by atoms with Crippen molar-refractivity contribution in [1.29, 1.82) is 0 Å². The molecule has 6 rings (SSSR count). The van der Waals surface area contributed by atoms with Crippen LogP contribution in [-0.2, 0) is 39.5 Å². The Morgan fingerprint density at radius 1 is 0.612 bits per heavy atom. The van der Waals surface area contributed by atoms with Gasteiger partial charge >= 0.3 is 29.6 Å². The molecule has 2 aromatic heterocycles. The molecule has 15 heteroatoms. The largest absolute Gasteiger partial charge is 0.493 e. The Bertz CT molecular complexity index is 2630. The second-order valence-electron chi connectivity index (χ2n) is 16.4. The molecule has 0 N–H and O–H groups in total. The molecule has 0 radical (unpaired) electrons. The first kappa shape index (κ1) is 50.1. The van der Waals surface area contributed by atoms with Gasteiger partial charge in [-0.15, -0.1) is 0 Å². The van der Waals surface area contributed by atoms with E-state index in [-0.39, 0.29) is 65.0 Å². The van der Waals surface area contributed by atoms with E-state index in [0.717, 1.165) is 50.7 Å². The van der Waals surface area contributed by atoms with Gasteiger partial charge in [0.1, 0.15) is 22.7 Å². The van der Waals surface area contributed by atoms with E-state index in [9.17, 15) is 40.7 Å². The van der Waals surface area contributed by atoms with Crippen LogP contribution in [0.4, 0.5) is 26.3 Å². The van der Waals surface area contributed by atoms with Crippen LogP contribution in [0.3, 0.4) is 0 Å². The summed E-state index contributed by atoms with van der Waals surface area (Å²) in [6, 6.07) is 20.0. The van der Waals surface area contributed by atoms with E-state index in [1.165, 1.54) is 43.3 Å². The third-order valence-electron chi connectivity index (χ3n) is 11.2. The van der Waals surface area contributed by atoms with Gasteiger partial charge in [-0.2, -0.15) is 26.3 Å². The first-order valence-corrected chi connectivity index (χ1v) is 22.2. The van der Waals surface area contributed by atoms with Gasteiger partial charge in [-0.1, -0.05) is 70.4 Å². The van der Waals surface area contributed by atoms with Gasteiger partial charge in [-0.25, -0.2) is 14.4 Å². The quantitative estimate of drug-likeness (QED) is 0.0164. The maximum Gasteiger partial charge on any atom is 0.417 e. The summed E-state index contributed by atoms with van der Waals surface area (Å²) in [5, 5.41) is 0.762. The van der Waals surface area contributed by atoms with E-state index in [0.29, 0.717) is 46.2 Å². The number of rotatable bonds is 22. The molecule has 0 amide bonds. The molecule has 0 atom stereocenters. The van der Waals surface area contributed by atoms with Crippen molar-refractivity contribution >= 4 is 27.9 Å². The molecule has 0 unspecified atom stereocenters. The number of esters is 1. The SMILES string of the molecule is C=C(C)C(=O)OCOC(CCOc1ccc2cc(-c3ccc(CCCCC)cc3C(F)(F)F)c(=O)oc2c1)CCOc1ccc2cc(-c3ccc(CCCCC)cc3C(F)(F)F)c(=O)oc2c1. The summed E-state index contributed by atoms with van der Waals surface area (Å²) in [5.74, 6) is -0.0558. The molecule has 9 nitrogen and oxygen atoms in total. The molecule has 0 aliphatic rings. The number of carbonyl (C=O) groups excluding carboxylic acids is 1. The minimum Gasteiger partial charge on any atom is -0.493 e. The van der Waals surface area contributed by atoms with Gasteiger partial charge in [0, 0.05) is 52.4 Å². The van der Waals surface area contributed by atoms with Gasteiger partial charge in [0.2, 0.25) is 0 Å². The highest BCUT2D eigenvalue weighted by atomic mass is 19.4. The molecular weight excluding hydrogens is 883 g/mol. The molecule has 6 aromatic rings. The van der Waals surface area contributed by atoms with E-state index in [1.54, 1.807) is 36.4 Å². The standard InChI is InChI=1S/C52H52F6O9/c1-5-7-9-11-33-13-19-40(44(25-33)51(53,54)55)42-27-35-15-17-38(29-46(35)66-49(42)60)62-23-21-37(64-31-65-48(59)32(3)4)22-24-63-39-18-16-36-28-43(50(61)67-47(36)30-39)41-20-14-34(12-10-8-6-2)26-45(41)52(56,57)58/h13-20,25-30,37H,3,5-12,21-24,31H2,1-2,4H3. The second kappa shape index (κ2) is 22.4. The summed E-state index contributed by atoms with van der Waals surface area (Å²) in [5.41, 5.74) is -3.24. The maximum absolute atomic E-state index is 14.2. The van der Waals surface area contributed by atoms with E-state index in [2.05, 4.69) is 6.58 Å². The minimum atomic E-state index is -4.70. The number of hydrogen-bond donors (Lipinski definition) is 0. The lowest BCUT2D eigenvalue weighted by atomic mass is 9.95. The Morgan fingerprint density at radius 2 is 1.06 bits per heavy atom. The van der Waals surface area contributed by atoms with Crippen LogP contribution in [0, 0.1) is 0 Å². The van der Waals surface area contributed by atoms with Gasteiger partial charge in [0.25, 0.3) is 0 Å². The lowest BCUT2D eigenvalue weighted by Crippen LogP contribution is -2.22. The summed E-state index contributed by atoms with van der Waals surface area (Å²) in [6.45, 7) is 8.78. The molecule has 0 aliphatic heterocycles. The van der Waals surface area contributed by atoms with Crippen LogP contribution in [0.1, 0.15) is 94.4 Å². The number of hydrogen-bond acceptors (Lipinski definition) is 9. The Morgan fingerprint density at radius 3 is 1.46 bits per heavy atom. The average molecular weight is 935 g/mol. The predicted molar refractivity (Wildman–Crippen MR) is 243 cm³/mol. The van der Waals surface area contributed by atoms with Crippen molar-refractivity contribution in [3.05, 3.63) is 140 Å². The third-order valence-corrected chi connectivity index (χ3v) is 11.2. The highest BCUT2D eigenvalue weighted by Gasteiger charge is 2.36. The average Bonchev–Trinajstić information content (AvgIpc) is 3.28. The van der Waals surface area contributed by atoms with Crippen LogP contribution < -0.4 is 20.7 Å². The van der Waals surface area contributed by atoms with Crippen LogP contribution in [0.5, 0.6) is 11.5 Å². The van der Waals surface area contributed by atoms with Crippen molar-refractivity contribution in [2.75, 3.05) is 20.0 Å². The van der Waals surface area contributed by atoms with Crippen molar-refractivity contribution < 1.29 is 58.9 Å². The van der Waals surface area contributed by atoms with Crippen LogP contribution in [0.25, 0.3) is 44.2 Å². The number of benzene rings is 4. The third kappa shape index (κ3) is 13.4. The molecule has 0 saturated heterocycles. The molecule has 67 heavy (non-hydrogen) atoms. The molecular formula is C52H52F6O9. The first-order valence-electron chi connectivity index (χ1n) is 22.2. The number of fused-ring (bicyclic) bond motifs is 2. The van der Waals surface area contributed by atoms with E-state index in [1.807, 2.05) is 13.8 Å². The Labute approximate surface area is 383 Å². The van der Waals surface area contributed by atoms with Crippen molar-refractivity contribution in [2.45, 2.75) is 103 Å². The molecule has 356 valence electrons. The molecule has 0 bridgehead atoms. The van der Waals surface area contributed by atoms with Gasteiger partial charge < -0.3 is 27.8 Å². The summed E-state index contributed by atoms with van der Waals surface area (Å²) >= 11 is 0. The molecule has 0 spiro atoms. The lowest BCUT2D eigenvalue weighted by Gasteiger charge is -2.19. The highest BCUT2D eigenvalue weighted by Crippen LogP contribution is 2.40. The smallest absolute Gasteiger partial charge is 0.417 e.